The van der Waals surface area contributed by atoms with Gasteiger partial charge in [0.25, 0.3) is 0 Å². The van der Waals surface area contributed by atoms with Gasteiger partial charge in [-0.1, -0.05) is 6.07 Å². The van der Waals surface area contributed by atoms with Gasteiger partial charge in [-0.3, -0.25) is 5.43 Å². The van der Waals surface area contributed by atoms with Gasteiger partial charge in [0.1, 0.15) is 5.82 Å². The number of rotatable bonds is 2. The number of nitrogens with two attached hydrogens (primary N) is 1. The topological polar surface area (TPSA) is 69.8 Å². The Bertz CT molecular complexity index is 434. The Morgan fingerprint density at radius 1 is 1.26 bits per heavy atom. The second-order valence-corrected chi connectivity index (χ2v) is 4.99. The largest absolute Gasteiger partial charge is 0.353 e. The van der Waals surface area contributed by atoms with Crippen LogP contribution in [0, 0.1) is 0 Å². The zero-order valence-electron chi connectivity index (χ0n) is 11.0. The number of anilines is 1. The van der Waals surface area contributed by atoms with E-state index in [-0.39, 0.29) is 0 Å². The number of hydrogen-bond donors (Lipinski definition) is 2. The van der Waals surface area contributed by atoms with Crippen molar-refractivity contribution in [3.63, 3.8) is 0 Å². The fraction of sp³-hybridized carbons (Fsp3) is 0.538. The van der Waals surface area contributed by atoms with Crippen molar-refractivity contribution in [2.45, 2.75) is 18.9 Å². The van der Waals surface area contributed by atoms with E-state index >= 15 is 0 Å². The number of piperazine rings is 1. The summed E-state index contributed by atoms with van der Waals surface area (Å²) in [4.78, 5) is 13.5. The molecule has 3 rings (SSSR count). The van der Waals surface area contributed by atoms with Gasteiger partial charge in [-0.2, -0.15) is 0 Å². The van der Waals surface area contributed by atoms with E-state index in [1.807, 2.05) is 18.3 Å². The molecule has 0 amide bonds. The minimum atomic E-state index is 0.486. The first-order valence-corrected chi connectivity index (χ1v) is 6.82. The SMILES string of the molecule is NNC(=NC1CC1)N1CCN(c2ccccn2)CC1. The van der Waals surface area contributed by atoms with Gasteiger partial charge < -0.3 is 9.80 Å². The molecule has 0 radical (unpaired) electrons. The summed E-state index contributed by atoms with van der Waals surface area (Å²) in [6.07, 6.45) is 4.22. The van der Waals surface area contributed by atoms with Crippen LogP contribution < -0.4 is 16.2 Å². The van der Waals surface area contributed by atoms with E-state index < -0.39 is 0 Å². The van der Waals surface area contributed by atoms with Crippen molar-refractivity contribution in [2.75, 3.05) is 31.1 Å². The Hall–Kier alpha value is -1.82. The molecule has 0 atom stereocenters. The van der Waals surface area contributed by atoms with E-state index in [0.717, 1.165) is 38.0 Å². The van der Waals surface area contributed by atoms with Crippen molar-refractivity contribution in [3.8, 4) is 0 Å². The molecule has 1 aromatic rings. The molecule has 19 heavy (non-hydrogen) atoms. The van der Waals surface area contributed by atoms with Gasteiger partial charge in [0.2, 0.25) is 5.96 Å². The Morgan fingerprint density at radius 2 is 2.05 bits per heavy atom. The number of pyridine rings is 1. The molecule has 0 aromatic carbocycles. The second-order valence-electron chi connectivity index (χ2n) is 4.99. The van der Waals surface area contributed by atoms with Crippen LogP contribution >= 0.6 is 0 Å². The van der Waals surface area contributed by atoms with Gasteiger partial charge in [0.05, 0.1) is 6.04 Å². The summed E-state index contributed by atoms with van der Waals surface area (Å²) in [6, 6.07) is 6.50. The molecule has 2 fully saturated rings. The lowest BCUT2D eigenvalue weighted by molar-refractivity contribution is 0.371. The summed E-state index contributed by atoms with van der Waals surface area (Å²) >= 11 is 0. The maximum Gasteiger partial charge on any atom is 0.208 e. The predicted molar refractivity (Wildman–Crippen MR) is 75.8 cm³/mol. The zero-order chi connectivity index (χ0) is 13.1. The molecule has 1 aliphatic carbocycles. The van der Waals surface area contributed by atoms with E-state index in [1.165, 1.54) is 12.8 Å². The number of guanidine groups is 1. The zero-order valence-corrected chi connectivity index (χ0v) is 11.0. The molecule has 102 valence electrons. The van der Waals surface area contributed by atoms with Crippen molar-refractivity contribution in [3.05, 3.63) is 24.4 Å². The molecule has 1 saturated carbocycles. The van der Waals surface area contributed by atoms with Gasteiger partial charge in [-0.15, -0.1) is 0 Å². The highest BCUT2D eigenvalue weighted by molar-refractivity contribution is 5.80. The molecule has 0 spiro atoms. The molecular weight excluding hydrogens is 240 g/mol. The molecule has 2 heterocycles. The minimum Gasteiger partial charge on any atom is -0.353 e. The Kier molecular flexibility index (Phi) is 3.50. The summed E-state index contributed by atoms with van der Waals surface area (Å²) in [6.45, 7) is 3.74. The van der Waals surface area contributed by atoms with E-state index in [9.17, 15) is 0 Å². The van der Waals surface area contributed by atoms with Crippen LogP contribution in [0.1, 0.15) is 12.8 Å². The fourth-order valence-electron chi connectivity index (χ4n) is 2.27. The molecular formula is C13H20N6. The normalized spacial score (nSPS) is 20.6. The summed E-state index contributed by atoms with van der Waals surface area (Å²) in [5.74, 6) is 7.46. The Morgan fingerprint density at radius 3 is 2.63 bits per heavy atom. The van der Waals surface area contributed by atoms with Gasteiger partial charge in [0.15, 0.2) is 0 Å². The van der Waals surface area contributed by atoms with Crippen LogP contribution in [0.3, 0.4) is 0 Å². The van der Waals surface area contributed by atoms with Crippen molar-refractivity contribution < 1.29 is 0 Å². The summed E-state index contributed by atoms with van der Waals surface area (Å²) in [5.41, 5.74) is 2.74. The molecule has 3 N–H and O–H groups in total. The number of aliphatic imine (C=N–C) groups is 1. The van der Waals surface area contributed by atoms with E-state index in [2.05, 4.69) is 31.3 Å². The Balaban J connectivity index is 1.59. The molecule has 0 unspecified atom stereocenters. The quantitative estimate of drug-likeness (QED) is 0.344. The first-order chi connectivity index (χ1) is 9.36. The minimum absolute atomic E-state index is 0.486. The third-order valence-corrected chi connectivity index (χ3v) is 3.53. The van der Waals surface area contributed by atoms with Gasteiger partial charge in [-0.25, -0.2) is 15.8 Å². The monoisotopic (exact) mass is 260 g/mol. The lowest BCUT2D eigenvalue weighted by Gasteiger charge is -2.36. The highest BCUT2D eigenvalue weighted by Gasteiger charge is 2.25. The lowest BCUT2D eigenvalue weighted by atomic mass is 10.3. The van der Waals surface area contributed by atoms with Crippen molar-refractivity contribution >= 4 is 11.8 Å². The van der Waals surface area contributed by atoms with Gasteiger partial charge in [-0.05, 0) is 25.0 Å². The maximum absolute atomic E-state index is 5.58. The molecule has 2 aliphatic rings. The van der Waals surface area contributed by atoms with Gasteiger partial charge in [0, 0.05) is 32.4 Å². The number of nitrogens with zero attached hydrogens (tertiary/aromatic N) is 4. The summed E-state index contributed by atoms with van der Waals surface area (Å²) < 4.78 is 0. The van der Waals surface area contributed by atoms with Crippen molar-refractivity contribution in [1.82, 2.24) is 15.3 Å². The molecule has 6 nitrogen and oxygen atoms in total. The van der Waals surface area contributed by atoms with Gasteiger partial charge >= 0.3 is 0 Å². The van der Waals surface area contributed by atoms with E-state index in [1.54, 1.807) is 0 Å². The summed E-state index contributed by atoms with van der Waals surface area (Å²) in [7, 11) is 0. The maximum atomic E-state index is 5.58. The van der Waals surface area contributed by atoms with Crippen LogP contribution in [-0.4, -0.2) is 48.1 Å². The van der Waals surface area contributed by atoms with Crippen LogP contribution in [0.5, 0.6) is 0 Å². The van der Waals surface area contributed by atoms with Crippen LogP contribution in [-0.2, 0) is 0 Å². The van der Waals surface area contributed by atoms with Crippen LogP contribution in [0.15, 0.2) is 29.4 Å². The predicted octanol–water partition coefficient (Wildman–Crippen LogP) is 0.185. The number of aromatic nitrogens is 1. The molecule has 0 bridgehead atoms. The first-order valence-electron chi connectivity index (χ1n) is 6.82. The summed E-state index contributed by atoms with van der Waals surface area (Å²) in [5, 5.41) is 0. The Labute approximate surface area is 113 Å². The third kappa shape index (κ3) is 2.96. The number of hydrogen-bond acceptors (Lipinski definition) is 4. The lowest BCUT2D eigenvalue weighted by Crippen LogP contribution is -2.54. The standard InChI is InChI=1S/C13H20N6/c14-17-13(16-11-4-5-11)19-9-7-18(8-10-19)12-3-1-2-6-15-12/h1-3,6,11H,4-5,7-10,14H2,(H,16,17). The molecule has 6 heteroatoms. The van der Waals surface area contributed by atoms with Crippen molar-refractivity contribution in [2.24, 2.45) is 10.8 Å². The fourth-order valence-corrected chi connectivity index (χ4v) is 2.27. The molecule has 1 saturated heterocycles. The highest BCUT2D eigenvalue weighted by Crippen LogP contribution is 2.24. The van der Waals surface area contributed by atoms with Crippen molar-refractivity contribution in [1.29, 1.82) is 0 Å². The highest BCUT2D eigenvalue weighted by atomic mass is 15.4. The van der Waals surface area contributed by atoms with Crippen LogP contribution in [0.2, 0.25) is 0 Å². The number of nitrogens with one attached hydrogen (secondary N) is 1. The number of hydrazine groups is 1. The van der Waals surface area contributed by atoms with E-state index in [4.69, 9.17) is 5.84 Å². The average molecular weight is 260 g/mol. The third-order valence-electron chi connectivity index (χ3n) is 3.53. The first kappa shape index (κ1) is 12.2. The van der Waals surface area contributed by atoms with E-state index in [0.29, 0.717) is 6.04 Å². The molecule has 1 aromatic heterocycles. The second kappa shape index (κ2) is 5.44. The average Bonchev–Trinajstić information content (AvgIpc) is 3.30. The van der Waals surface area contributed by atoms with Crippen LogP contribution in [0.25, 0.3) is 0 Å². The smallest absolute Gasteiger partial charge is 0.208 e. The molecule has 1 aliphatic heterocycles. The van der Waals surface area contributed by atoms with Crippen LogP contribution in [0.4, 0.5) is 5.82 Å².